The van der Waals surface area contributed by atoms with Crippen molar-refractivity contribution in [1.29, 1.82) is 0 Å². The fourth-order valence-corrected chi connectivity index (χ4v) is 3.29. The van der Waals surface area contributed by atoms with Gasteiger partial charge in [-0.05, 0) is 36.6 Å². The largest absolute Gasteiger partial charge is 0.455 e. The van der Waals surface area contributed by atoms with E-state index in [0.717, 1.165) is 5.56 Å². The molecular formula is C20H24N2O5S. The fraction of sp³-hybridized carbons (Fsp3) is 0.300. The van der Waals surface area contributed by atoms with Gasteiger partial charge in [0.2, 0.25) is 10.0 Å². The highest BCUT2D eigenvalue weighted by atomic mass is 32.2. The Morgan fingerprint density at radius 2 is 1.64 bits per heavy atom. The molecule has 2 rings (SSSR count). The van der Waals surface area contributed by atoms with Crippen LogP contribution in [0.5, 0.6) is 0 Å². The Hall–Kier alpha value is -2.71. The van der Waals surface area contributed by atoms with Gasteiger partial charge in [0, 0.05) is 0 Å². The van der Waals surface area contributed by atoms with Crippen LogP contribution in [0.4, 0.5) is 0 Å². The molecule has 2 aromatic carbocycles. The van der Waals surface area contributed by atoms with E-state index in [-0.39, 0.29) is 11.5 Å². The minimum Gasteiger partial charge on any atom is -0.455 e. The molecule has 3 N–H and O–H groups in total. The number of sulfonamides is 1. The number of nitrogens with one attached hydrogen (secondary N) is 1. The molecular weight excluding hydrogens is 380 g/mol. The van der Waals surface area contributed by atoms with Crippen LogP contribution in [0.15, 0.2) is 59.5 Å². The Bertz CT molecular complexity index is 911. The number of amides is 1. The van der Waals surface area contributed by atoms with E-state index in [1.54, 1.807) is 19.1 Å². The standard InChI is InChI=1S/C20H24N2O5S/c1-3-18(16-7-5-4-6-8-16)20(24)27-13-19(23)22-14(2)15-9-11-17(12-10-15)28(21,25)26/h4-12,14,18H,3,13H2,1-2H3,(H,22,23)(H2,21,25,26)/t14-,18-/m0/s1. The second kappa shape index (κ2) is 9.48. The number of esters is 1. The molecule has 0 spiro atoms. The van der Waals surface area contributed by atoms with Crippen molar-refractivity contribution >= 4 is 21.9 Å². The molecule has 28 heavy (non-hydrogen) atoms. The quantitative estimate of drug-likeness (QED) is 0.655. The molecule has 2 aromatic rings. The zero-order chi connectivity index (χ0) is 20.7. The van der Waals surface area contributed by atoms with Crippen molar-refractivity contribution < 1.29 is 22.7 Å². The Morgan fingerprint density at radius 1 is 1.04 bits per heavy atom. The van der Waals surface area contributed by atoms with E-state index in [9.17, 15) is 18.0 Å². The molecule has 0 fully saturated rings. The summed E-state index contributed by atoms with van der Waals surface area (Å²) >= 11 is 0. The summed E-state index contributed by atoms with van der Waals surface area (Å²) in [6.07, 6.45) is 0.567. The van der Waals surface area contributed by atoms with Gasteiger partial charge in [-0.25, -0.2) is 13.6 Å². The van der Waals surface area contributed by atoms with Crippen LogP contribution in [0.3, 0.4) is 0 Å². The first-order valence-electron chi connectivity index (χ1n) is 8.86. The van der Waals surface area contributed by atoms with Crippen molar-refractivity contribution in [3.63, 3.8) is 0 Å². The third-order valence-electron chi connectivity index (χ3n) is 4.33. The molecule has 0 radical (unpaired) electrons. The van der Waals surface area contributed by atoms with E-state index >= 15 is 0 Å². The van der Waals surface area contributed by atoms with Gasteiger partial charge in [-0.2, -0.15) is 0 Å². The van der Waals surface area contributed by atoms with Crippen LogP contribution in [-0.2, 0) is 24.3 Å². The van der Waals surface area contributed by atoms with Crippen molar-refractivity contribution in [2.45, 2.75) is 37.1 Å². The lowest BCUT2D eigenvalue weighted by Crippen LogP contribution is -2.32. The minimum atomic E-state index is -3.77. The lowest BCUT2D eigenvalue weighted by molar-refractivity contribution is -0.150. The van der Waals surface area contributed by atoms with E-state index in [4.69, 9.17) is 9.88 Å². The van der Waals surface area contributed by atoms with Crippen molar-refractivity contribution in [3.8, 4) is 0 Å². The lowest BCUT2D eigenvalue weighted by Gasteiger charge is -2.17. The van der Waals surface area contributed by atoms with Gasteiger partial charge in [-0.3, -0.25) is 9.59 Å². The van der Waals surface area contributed by atoms with Gasteiger partial charge in [0.1, 0.15) is 0 Å². The van der Waals surface area contributed by atoms with Gasteiger partial charge >= 0.3 is 5.97 Å². The second-order valence-corrected chi connectivity index (χ2v) is 7.94. The van der Waals surface area contributed by atoms with E-state index in [2.05, 4.69) is 5.32 Å². The Labute approximate surface area is 164 Å². The number of ether oxygens (including phenoxy) is 1. The molecule has 0 saturated heterocycles. The molecule has 1 amide bonds. The molecule has 0 heterocycles. The molecule has 8 heteroatoms. The second-order valence-electron chi connectivity index (χ2n) is 6.38. The molecule has 0 saturated carbocycles. The zero-order valence-electron chi connectivity index (χ0n) is 15.8. The van der Waals surface area contributed by atoms with Gasteiger partial charge in [-0.15, -0.1) is 0 Å². The van der Waals surface area contributed by atoms with E-state index in [1.807, 2.05) is 37.3 Å². The van der Waals surface area contributed by atoms with Gasteiger partial charge in [0.15, 0.2) is 6.61 Å². The molecule has 0 aliphatic carbocycles. The molecule has 0 unspecified atom stereocenters. The first kappa shape index (κ1) is 21.6. The smallest absolute Gasteiger partial charge is 0.313 e. The number of rotatable bonds is 8. The molecule has 0 aliphatic heterocycles. The average Bonchev–Trinajstić information content (AvgIpc) is 2.67. The molecule has 0 aromatic heterocycles. The van der Waals surface area contributed by atoms with E-state index in [1.165, 1.54) is 12.1 Å². The van der Waals surface area contributed by atoms with Crippen molar-refractivity contribution in [1.82, 2.24) is 5.32 Å². The normalized spacial score (nSPS) is 13.4. The Kier molecular flexibility index (Phi) is 7.31. The maximum absolute atomic E-state index is 12.3. The fourth-order valence-electron chi connectivity index (χ4n) is 2.77. The molecule has 7 nitrogen and oxygen atoms in total. The van der Waals surface area contributed by atoms with Crippen LogP contribution < -0.4 is 10.5 Å². The van der Waals surface area contributed by atoms with Crippen LogP contribution in [0.2, 0.25) is 0 Å². The van der Waals surface area contributed by atoms with Crippen LogP contribution in [0.1, 0.15) is 43.4 Å². The Morgan fingerprint density at radius 3 is 2.18 bits per heavy atom. The molecule has 2 atom stereocenters. The van der Waals surface area contributed by atoms with E-state index in [0.29, 0.717) is 12.0 Å². The summed E-state index contributed by atoms with van der Waals surface area (Å²) in [5, 5.41) is 7.77. The van der Waals surface area contributed by atoms with Crippen molar-refractivity contribution in [2.24, 2.45) is 5.14 Å². The number of benzene rings is 2. The summed E-state index contributed by atoms with van der Waals surface area (Å²) in [5.41, 5.74) is 1.54. The van der Waals surface area contributed by atoms with Crippen LogP contribution in [0.25, 0.3) is 0 Å². The minimum absolute atomic E-state index is 0.00442. The van der Waals surface area contributed by atoms with Crippen molar-refractivity contribution in [3.05, 3.63) is 65.7 Å². The monoisotopic (exact) mass is 404 g/mol. The number of hydrogen-bond acceptors (Lipinski definition) is 5. The maximum Gasteiger partial charge on any atom is 0.313 e. The number of carbonyl (C=O) groups excluding carboxylic acids is 2. The number of hydrogen-bond donors (Lipinski definition) is 2. The average molecular weight is 404 g/mol. The topological polar surface area (TPSA) is 116 Å². The number of carbonyl (C=O) groups is 2. The first-order chi connectivity index (χ1) is 13.2. The summed E-state index contributed by atoms with van der Waals surface area (Å²) in [6, 6.07) is 14.8. The predicted octanol–water partition coefficient (Wildman–Crippen LogP) is 2.25. The van der Waals surface area contributed by atoms with Crippen LogP contribution >= 0.6 is 0 Å². The van der Waals surface area contributed by atoms with Crippen LogP contribution in [-0.4, -0.2) is 26.9 Å². The van der Waals surface area contributed by atoms with Gasteiger partial charge in [-0.1, -0.05) is 49.4 Å². The summed E-state index contributed by atoms with van der Waals surface area (Å²) in [4.78, 5) is 24.4. The third kappa shape index (κ3) is 5.90. The highest BCUT2D eigenvalue weighted by Crippen LogP contribution is 2.21. The van der Waals surface area contributed by atoms with E-state index < -0.39 is 33.9 Å². The SMILES string of the molecule is CC[C@H](C(=O)OCC(=O)N[C@@H](C)c1ccc(S(N)(=O)=O)cc1)c1ccccc1. The summed E-state index contributed by atoms with van der Waals surface area (Å²) in [5.74, 6) is -1.31. The lowest BCUT2D eigenvalue weighted by atomic mass is 9.97. The zero-order valence-corrected chi connectivity index (χ0v) is 16.6. The Balaban J connectivity index is 1.90. The molecule has 150 valence electrons. The summed E-state index contributed by atoms with van der Waals surface area (Å²) < 4.78 is 27.7. The molecule has 0 bridgehead atoms. The third-order valence-corrected chi connectivity index (χ3v) is 5.26. The first-order valence-corrected chi connectivity index (χ1v) is 10.4. The summed E-state index contributed by atoms with van der Waals surface area (Å²) in [7, 11) is -3.77. The number of nitrogens with two attached hydrogens (primary N) is 1. The highest BCUT2D eigenvalue weighted by Gasteiger charge is 2.21. The van der Waals surface area contributed by atoms with Crippen molar-refractivity contribution in [2.75, 3.05) is 6.61 Å². The van der Waals surface area contributed by atoms with Gasteiger partial charge in [0.05, 0.1) is 16.9 Å². The summed E-state index contributed by atoms with van der Waals surface area (Å²) in [6.45, 7) is 3.23. The maximum atomic E-state index is 12.3. The van der Waals surface area contributed by atoms with Gasteiger partial charge in [0.25, 0.3) is 5.91 Å². The highest BCUT2D eigenvalue weighted by molar-refractivity contribution is 7.89. The van der Waals surface area contributed by atoms with Crippen LogP contribution in [0, 0.1) is 0 Å². The molecule has 0 aliphatic rings. The number of primary sulfonamides is 1. The van der Waals surface area contributed by atoms with Gasteiger partial charge < -0.3 is 10.1 Å². The predicted molar refractivity (Wildman–Crippen MR) is 105 cm³/mol.